The van der Waals surface area contributed by atoms with Crippen molar-refractivity contribution in [3.63, 3.8) is 0 Å². The van der Waals surface area contributed by atoms with Crippen molar-refractivity contribution >= 4 is 21.7 Å². The Morgan fingerprint density at radius 3 is 2.33 bits per heavy atom. The maximum atomic E-state index is 12.6. The minimum absolute atomic E-state index is 0.0548. The van der Waals surface area contributed by atoms with E-state index < -0.39 is 20.1 Å². The fourth-order valence-electron chi connectivity index (χ4n) is 2.61. The van der Waals surface area contributed by atoms with Gasteiger partial charge in [-0.1, -0.05) is 0 Å². The van der Waals surface area contributed by atoms with E-state index in [9.17, 15) is 18.0 Å². The molecular weight excluding hydrogens is 292 g/mol. The summed E-state index contributed by atoms with van der Waals surface area (Å²) < 4.78 is 23.5. The van der Waals surface area contributed by atoms with Crippen LogP contribution >= 0.6 is 0 Å². The smallest absolute Gasteiger partial charge is 0.248 e. The maximum absolute atomic E-state index is 12.6. The number of rotatable bonds is 4. The lowest BCUT2D eigenvalue weighted by Crippen LogP contribution is -2.66. The molecule has 0 aromatic carbocycles. The van der Waals surface area contributed by atoms with Gasteiger partial charge in [-0.05, 0) is 46.5 Å². The molecule has 120 valence electrons. The maximum Gasteiger partial charge on any atom is 0.248 e. The van der Waals surface area contributed by atoms with Crippen LogP contribution in [-0.4, -0.2) is 54.3 Å². The van der Waals surface area contributed by atoms with Crippen molar-refractivity contribution in [1.29, 1.82) is 0 Å². The van der Waals surface area contributed by atoms with Gasteiger partial charge in [0.05, 0.1) is 17.0 Å². The minimum atomic E-state index is -3.31. The molecule has 2 fully saturated rings. The molecule has 0 aromatic heterocycles. The van der Waals surface area contributed by atoms with Gasteiger partial charge >= 0.3 is 0 Å². The number of carbonyl (C=O) groups is 2. The van der Waals surface area contributed by atoms with Gasteiger partial charge in [-0.2, -0.15) is 0 Å². The van der Waals surface area contributed by atoms with E-state index in [-0.39, 0.29) is 36.6 Å². The van der Waals surface area contributed by atoms with Crippen LogP contribution < -0.4 is 5.32 Å². The van der Waals surface area contributed by atoms with Crippen LogP contribution in [-0.2, 0) is 19.4 Å². The van der Waals surface area contributed by atoms with Gasteiger partial charge in [-0.25, -0.2) is 8.42 Å². The molecule has 1 saturated carbocycles. The molecule has 0 spiro atoms. The van der Waals surface area contributed by atoms with Crippen LogP contribution in [0.3, 0.4) is 0 Å². The monoisotopic (exact) mass is 316 g/mol. The zero-order valence-corrected chi connectivity index (χ0v) is 13.9. The zero-order chi connectivity index (χ0) is 16.1. The molecule has 1 aliphatic heterocycles. The highest BCUT2D eigenvalue weighted by Gasteiger charge is 2.52. The van der Waals surface area contributed by atoms with Gasteiger partial charge in [-0.3, -0.25) is 9.59 Å². The molecule has 1 saturated heterocycles. The Morgan fingerprint density at radius 1 is 1.29 bits per heavy atom. The van der Waals surface area contributed by atoms with E-state index in [1.54, 1.807) is 27.7 Å². The van der Waals surface area contributed by atoms with E-state index in [0.29, 0.717) is 0 Å². The summed E-state index contributed by atoms with van der Waals surface area (Å²) in [6.07, 6.45) is 1.85. The lowest BCUT2D eigenvalue weighted by molar-refractivity contribution is -0.149. The van der Waals surface area contributed by atoms with Gasteiger partial charge in [0.15, 0.2) is 9.84 Å². The number of sulfone groups is 1. The Morgan fingerprint density at radius 2 is 1.86 bits per heavy atom. The van der Waals surface area contributed by atoms with Gasteiger partial charge < -0.3 is 10.2 Å². The SMILES string of the molecule is CC1(C2CC2)NC(=O)CN(CCS(=O)(=O)C(C)(C)C)C1=O. The van der Waals surface area contributed by atoms with Gasteiger partial charge in [0.2, 0.25) is 11.8 Å². The molecular formula is C14H24N2O4S. The number of carbonyl (C=O) groups excluding carboxylic acids is 2. The second-order valence-corrected chi connectivity index (χ2v) is 10.0. The van der Waals surface area contributed by atoms with Gasteiger partial charge in [0.25, 0.3) is 0 Å². The molecule has 1 aliphatic carbocycles. The Kier molecular flexibility index (Phi) is 3.85. The number of piperazine rings is 1. The molecule has 1 unspecified atom stereocenters. The van der Waals surface area contributed by atoms with E-state index in [1.165, 1.54) is 4.90 Å². The van der Waals surface area contributed by atoms with Crippen molar-refractivity contribution < 1.29 is 18.0 Å². The fourth-order valence-corrected chi connectivity index (χ4v) is 3.68. The quantitative estimate of drug-likeness (QED) is 0.810. The molecule has 1 heterocycles. The number of hydrogen-bond donors (Lipinski definition) is 1. The average Bonchev–Trinajstić information content (AvgIpc) is 3.14. The first-order valence-electron chi connectivity index (χ1n) is 7.30. The number of nitrogens with zero attached hydrogens (tertiary/aromatic N) is 1. The molecule has 2 rings (SSSR count). The normalized spacial score (nSPS) is 27.7. The molecule has 6 nitrogen and oxygen atoms in total. The van der Waals surface area contributed by atoms with Crippen LogP contribution in [0.15, 0.2) is 0 Å². The van der Waals surface area contributed by atoms with Crippen LogP contribution in [0.5, 0.6) is 0 Å². The number of amides is 2. The summed E-state index contributed by atoms with van der Waals surface area (Å²) in [5.41, 5.74) is -0.860. The summed E-state index contributed by atoms with van der Waals surface area (Å²) in [4.78, 5) is 25.8. The molecule has 0 bridgehead atoms. The second kappa shape index (κ2) is 4.97. The molecule has 7 heteroatoms. The predicted octanol–water partition coefficient (Wildman–Crippen LogP) is 0.327. The van der Waals surface area contributed by atoms with Crippen LogP contribution in [0.4, 0.5) is 0 Å². The highest BCUT2D eigenvalue weighted by atomic mass is 32.2. The van der Waals surface area contributed by atoms with Crippen molar-refractivity contribution in [2.45, 2.75) is 50.8 Å². The first kappa shape index (κ1) is 16.3. The van der Waals surface area contributed by atoms with Crippen LogP contribution in [0.2, 0.25) is 0 Å². The largest absolute Gasteiger partial charge is 0.340 e. The lowest BCUT2D eigenvalue weighted by atomic mass is 9.91. The summed E-state index contributed by atoms with van der Waals surface area (Å²) in [6.45, 7) is 6.69. The number of hydrogen-bond acceptors (Lipinski definition) is 4. The molecule has 1 N–H and O–H groups in total. The fraction of sp³-hybridized carbons (Fsp3) is 0.857. The van der Waals surface area contributed by atoms with E-state index in [1.807, 2.05) is 0 Å². The summed E-state index contributed by atoms with van der Waals surface area (Å²) in [5.74, 6) is -0.308. The van der Waals surface area contributed by atoms with Crippen molar-refractivity contribution in [2.75, 3.05) is 18.8 Å². The first-order chi connectivity index (χ1) is 9.47. The lowest BCUT2D eigenvalue weighted by Gasteiger charge is -2.40. The standard InChI is InChI=1S/C14H24N2O4S/c1-13(2,3)21(19,20)8-7-16-9-11(17)15-14(4,12(16)18)10-5-6-10/h10H,5-9H2,1-4H3,(H,15,17). The molecule has 0 radical (unpaired) electrons. The van der Waals surface area contributed by atoms with Crippen molar-refractivity contribution in [2.24, 2.45) is 5.92 Å². The molecule has 2 amide bonds. The van der Waals surface area contributed by atoms with Gasteiger partial charge in [-0.15, -0.1) is 0 Å². The van der Waals surface area contributed by atoms with Gasteiger partial charge in [0.1, 0.15) is 5.54 Å². The first-order valence-corrected chi connectivity index (χ1v) is 8.95. The summed E-state index contributed by atoms with van der Waals surface area (Å²) in [5, 5.41) is 2.78. The highest BCUT2D eigenvalue weighted by Crippen LogP contribution is 2.41. The Hall–Kier alpha value is -1.11. The van der Waals surface area contributed by atoms with Crippen LogP contribution in [0, 0.1) is 5.92 Å². The molecule has 21 heavy (non-hydrogen) atoms. The molecule has 1 atom stereocenters. The highest BCUT2D eigenvalue weighted by molar-refractivity contribution is 7.92. The Labute approximate surface area is 126 Å². The summed E-state index contributed by atoms with van der Waals surface area (Å²) in [6, 6.07) is 0. The van der Waals surface area contributed by atoms with Crippen molar-refractivity contribution in [3.8, 4) is 0 Å². The second-order valence-electron chi connectivity index (χ2n) is 7.18. The van der Waals surface area contributed by atoms with Crippen molar-refractivity contribution in [1.82, 2.24) is 10.2 Å². The summed E-state index contributed by atoms with van der Waals surface area (Å²) >= 11 is 0. The van der Waals surface area contributed by atoms with Crippen LogP contribution in [0.1, 0.15) is 40.5 Å². The van der Waals surface area contributed by atoms with Crippen molar-refractivity contribution in [3.05, 3.63) is 0 Å². The van der Waals surface area contributed by atoms with Gasteiger partial charge in [0, 0.05) is 6.54 Å². The summed E-state index contributed by atoms with van der Waals surface area (Å²) in [7, 11) is -3.31. The average molecular weight is 316 g/mol. The number of nitrogens with one attached hydrogen (secondary N) is 1. The van der Waals surface area contributed by atoms with E-state index in [0.717, 1.165) is 12.8 Å². The van der Waals surface area contributed by atoms with E-state index in [4.69, 9.17) is 0 Å². The van der Waals surface area contributed by atoms with Crippen LogP contribution in [0.25, 0.3) is 0 Å². The third kappa shape index (κ3) is 3.07. The minimum Gasteiger partial charge on any atom is -0.340 e. The topological polar surface area (TPSA) is 83.6 Å². The Bertz CT molecular complexity index is 560. The molecule has 2 aliphatic rings. The Balaban J connectivity index is 2.09. The zero-order valence-electron chi connectivity index (χ0n) is 13.1. The third-order valence-electron chi connectivity index (χ3n) is 4.42. The van der Waals surface area contributed by atoms with E-state index >= 15 is 0 Å². The van der Waals surface area contributed by atoms with E-state index in [2.05, 4.69) is 5.32 Å². The molecule has 0 aromatic rings. The predicted molar refractivity (Wildman–Crippen MR) is 79.4 cm³/mol. The third-order valence-corrected chi connectivity index (χ3v) is 7.01.